The van der Waals surface area contributed by atoms with Crippen molar-refractivity contribution in [3.05, 3.63) is 65.6 Å². The van der Waals surface area contributed by atoms with Crippen LogP contribution in [0.25, 0.3) is 0 Å². The van der Waals surface area contributed by atoms with Crippen LogP contribution in [0, 0.1) is 5.82 Å². The van der Waals surface area contributed by atoms with Crippen LogP contribution in [0.2, 0.25) is 0 Å². The number of carbonyl (C=O) groups is 2. The molecule has 2 aromatic heterocycles. The average Bonchev–Trinajstić information content (AvgIpc) is 3.31. The Morgan fingerprint density at radius 2 is 1.93 bits per heavy atom. The predicted molar refractivity (Wildman–Crippen MR) is 111 cm³/mol. The van der Waals surface area contributed by atoms with Gasteiger partial charge in [-0.3, -0.25) is 14.3 Å². The predicted octanol–water partition coefficient (Wildman–Crippen LogP) is 4.56. The Morgan fingerprint density at radius 3 is 2.62 bits per heavy atom. The Morgan fingerprint density at radius 1 is 1.17 bits per heavy atom. The summed E-state index contributed by atoms with van der Waals surface area (Å²) in [6, 6.07) is 7.05. The second-order valence-electron chi connectivity index (χ2n) is 6.64. The molecule has 2 N–H and O–H groups in total. The summed E-state index contributed by atoms with van der Waals surface area (Å²) in [5, 5.41) is 9.37. The van der Waals surface area contributed by atoms with Crippen molar-refractivity contribution in [3.63, 3.8) is 0 Å². The fourth-order valence-electron chi connectivity index (χ4n) is 2.59. The van der Waals surface area contributed by atoms with Gasteiger partial charge in [0.2, 0.25) is 0 Å². The molecule has 3 aromatic rings. The number of carbonyl (C=O) groups excluding carboxylic acids is 2. The molecular formula is C20H21FN4O3S. The number of anilines is 2. The van der Waals surface area contributed by atoms with E-state index in [1.165, 1.54) is 12.3 Å². The van der Waals surface area contributed by atoms with Crippen molar-refractivity contribution in [2.24, 2.45) is 0 Å². The lowest BCUT2D eigenvalue weighted by molar-refractivity contribution is 0.0992. The third kappa shape index (κ3) is 5.26. The van der Waals surface area contributed by atoms with Gasteiger partial charge in [0.25, 0.3) is 11.8 Å². The first-order valence-electron chi connectivity index (χ1n) is 8.91. The molecule has 29 heavy (non-hydrogen) atoms. The monoisotopic (exact) mass is 416 g/mol. The molecule has 0 unspecified atom stereocenters. The van der Waals surface area contributed by atoms with Crippen molar-refractivity contribution >= 4 is 35.0 Å². The number of benzene rings is 1. The highest BCUT2D eigenvalue weighted by atomic mass is 32.2. The number of thioether (sulfide) groups is 1. The minimum atomic E-state index is -0.645. The van der Waals surface area contributed by atoms with Gasteiger partial charge >= 0.3 is 0 Å². The van der Waals surface area contributed by atoms with Gasteiger partial charge in [-0.05, 0) is 50.4 Å². The van der Waals surface area contributed by atoms with Gasteiger partial charge in [0, 0.05) is 23.5 Å². The first-order chi connectivity index (χ1) is 13.9. The van der Waals surface area contributed by atoms with Crippen LogP contribution in [0.4, 0.5) is 15.8 Å². The fourth-order valence-corrected chi connectivity index (χ4v) is 3.03. The second kappa shape index (κ2) is 8.95. The molecule has 0 aliphatic heterocycles. The molecule has 0 spiro atoms. The molecular weight excluding hydrogens is 395 g/mol. The number of aromatic nitrogens is 2. The van der Waals surface area contributed by atoms with E-state index in [1.54, 1.807) is 34.8 Å². The Hall–Kier alpha value is -3.07. The molecule has 0 aliphatic rings. The van der Waals surface area contributed by atoms with Gasteiger partial charge in [-0.1, -0.05) is 0 Å². The number of furan rings is 1. The summed E-state index contributed by atoms with van der Waals surface area (Å²) in [5.74, 6) is -0.246. The number of nitrogens with one attached hydrogen (secondary N) is 2. The third-order valence-corrected chi connectivity index (χ3v) is 4.55. The summed E-state index contributed by atoms with van der Waals surface area (Å²) in [7, 11) is 0. The zero-order chi connectivity index (χ0) is 21.0. The van der Waals surface area contributed by atoms with Gasteiger partial charge in [-0.2, -0.15) is 16.9 Å². The number of halogens is 1. The Labute approximate surface area is 171 Å². The van der Waals surface area contributed by atoms with Crippen molar-refractivity contribution in [1.29, 1.82) is 0 Å². The Bertz CT molecular complexity index is 1030. The van der Waals surface area contributed by atoms with Gasteiger partial charge in [0.05, 0.1) is 17.6 Å². The number of nitrogens with zero attached hydrogens (tertiary/aromatic N) is 2. The van der Waals surface area contributed by atoms with Gasteiger partial charge < -0.3 is 15.1 Å². The van der Waals surface area contributed by atoms with E-state index in [0.29, 0.717) is 17.2 Å². The van der Waals surface area contributed by atoms with E-state index in [2.05, 4.69) is 15.7 Å². The molecule has 152 valence electrons. The van der Waals surface area contributed by atoms with Gasteiger partial charge in [0.1, 0.15) is 11.6 Å². The summed E-state index contributed by atoms with van der Waals surface area (Å²) in [6.45, 7) is 3.92. The molecule has 2 heterocycles. The summed E-state index contributed by atoms with van der Waals surface area (Å²) in [5.41, 5.74) is 0.719. The van der Waals surface area contributed by atoms with Crippen LogP contribution in [0.5, 0.6) is 0 Å². The van der Waals surface area contributed by atoms with E-state index in [0.717, 1.165) is 12.1 Å². The van der Waals surface area contributed by atoms with Gasteiger partial charge in [0.15, 0.2) is 5.76 Å². The van der Waals surface area contributed by atoms with E-state index < -0.39 is 17.6 Å². The van der Waals surface area contributed by atoms with Crippen molar-refractivity contribution in [3.8, 4) is 0 Å². The molecule has 7 nitrogen and oxygen atoms in total. The van der Waals surface area contributed by atoms with E-state index in [9.17, 15) is 14.0 Å². The summed E-state index contributed by atoms with van der Waals surface area (Å²) in [4.78, 5) is 24.8. The first kappa shape index (κ1) is 20.7. The third-order valence-electron chi connectivity index (χ3n) is 3.98. The Balaban J connectivity index is 1.72. The summed E-state index contributed by atoms with van der Waals surface area (Å²) >= 11 is 1.57. The highest BCUT2D eigenvalue weighted by molar-refractivity contribution is 7.97. The zero-order valence-electron chi connectivity index (χ0n) is 16.2. The maximum Gasteiger partial charge on any atom is 0.291 e. The zero-order valence-corrected chi connectivity index (χ0v) is 17.0. The highest BCUT2D eigenvalue weighted by Gasteiger charge is 2.15. The first-order valence-corrected chi connectivity index (χ1v) is 10.3. The lowest BCUT2D eigenvalue weighted by Gasteiger charge is -2.08. The molecule has 0 atom stereocenters. The molecule has 2 amide bonds. The van der Waals surface area contributed by atoms with Crippen molar-refractivity contribution in [2.45, 2.75) is 25.6 Å². The highest BCUT2D eigenvalue weighted by Crippen LogP contribution is 2.19. The van der Waals surface area contributed by atoms with Crippen LogP contribution < -0.4 is 10.6 Å². The van der Waals surface area contributed by atoms with Crippen LogP contribution in [0.1, 0.15) is 46.6 Å². The van der Waals surface area contributed by atoms with Crippen molar-refractivity contribution in [1.82, 2.24) is 9.78 Å². The van der Waals surface area contributed by atoms with Crippen LogP contribution in [0.3, 0.4) is 0 Å². The SMILES string of the molecule is CSCc1ccc(C(=O)Nc2cc(F)cc(C(=O)Nc3cnn(C(C)C)c3)c2)o1. The fraction of sp³-hybridized carbons (Fsp3) is 0.250. The molecule has 1 aromatic carbocycles. The van der Waals surface area contributed by atoms with Gasteiger partial charge in [-0.25, -0.2) is 4.39 Å². The van der Waals surface area contributed by atoms with Crippen LogP contribution >= 0.6 is 11.8 Å². The van der Waals surface area contributed by atoms with Crippen molar-refractivity contribution in [2.75, 3.05) is 16.9 Å². The smallest absolute Gasteiger partial charge is 0.291 e. The second-order valence-corrected chi connectivity index (χ2v) is 7.50. The minimum Gasteiger partial charge on any atom is -0.455 e. The molecule has 0 bridgehead atoms. The van der Waals surface area contributed by atoms with E-state index in [-0.39, 0.29) is 23.1 Å². The van der Waals surface area contributed by atoms with Crippen molar-refractivity contribution < 1.29 is 18.4 Å². The summed E-state index contributed by atoms with van der Waals surface area (Å²) < 4.78 is 21.2. The van der Waals surface area contributed by atoms with Crippen LogP contribution in [0.15, 0.2) is 47.1 Å². The number of amides is 2. The maximum atomic E-state index is 14.0. The van der Waals surface area contributed by atoms with E-state index >= 15 is 0 Å². The van der Waals surface area contributed by atoms with Gasteiger partial charge in [-0.15, -0.1) is 0 Å². The minimum absolute atomic E-state index is 0.0695. The molecule has 3 rings (SSSR count). The molecule has 9 heteroatoms. The number of hydrogen-bond acceptors (Lipinski definition) is 5. The van der Waals surface area contributed by atoms with Crippen LogP contribution in [-0.4, -0.2) is 27.9 Å². The standard InChI is InChI=1S/C20H21FN4O3S/c1-12(2)25-10-16(9-22-25)24-19(26)13-6-14(21)8-15(7-13)23-20(27)18-5-4-17(28-18)11-29-3/h4-10,12H,11H2,1-3H3,(H,23,27)(H,24,26). The summed E-state index contributed by atoms with van der Waals surface area (Å²) in [6.07, 6.45) is 5.13. The normalized spacial score (nSPS) is 10.9. The quantitative estimate of drug-likeness (QED) is 0.589. The number of rotatable bonds is 7. The molecule has 0 saturated carbocycles. The topological polar surface area (TPSA) is 89.2 Å². The maximum absolute atomic E-state index is 14.0. The van der Waals surface area contributed by atoms with E-state index in [4.69, 9.17) is 4.42 Å². The molecule has 0 radical (unpaired) electrons. The van der Waals surface area contributed by atoms with E-state index in [1.807, 2.05) is 20.1 Å². The lowest BCUT2D eigenvalue weighted by Crippen LogP contribution is -2.15. The number of hydrogen-bond donors (Lipinski definition) is 2. The average molecular weight is 416 g/mol. The Kier molecular flexibility index (Phi) is 6.38. The largest absolute Gasteiger partial charge is 0.455 e. The van der Waals surface area contributed by atoms with Crippen LogP contribution in [-0.2, 0) is 5.75 Å². The lowest BCUT2D eigenvalue weighted by atomic mass is 10.1. The molecule has 0 saturated heterocycles. The molecule has 0 aliphatic carbocycles. The molecule has 0 fully saturated rings.